The maximum atomic E-state index is 12.7. The van der Waals surface area contributed by atoms with E-state index in [4.69, 9.17) is 17.0 Å². The van der Waals surface area contributed by atoms with Crippen LogP contribution in [0.5, 0.6) is 5.75 Å². The van der Waals surface area contributed by atoms with Gasteiger partial charge in [0.15, 0.2) is 5.11 Å². The Kier molecular flexibility index (Phi) is 6.70. The number of hydrogen-bond donors (Lipinski definition) is 2. The standard InChI is InChI=1S/C26H23N3O4S/c1-16(2)15-33-20-10-5-7-17(13-20)23(30)28-26(34)27-18-8-6-9-19(14-18)29-24(31)21-11-3-4-12-22(21)25(29)32/h3-14,16H,15H2,1-2H3,(H2,27,28,30,34). The summed E-state index contributed by atoms with van der Waals surface area (Å²) < 4.78 is 5.67. The SMILES string of the molecule is CC(C)COc1cccc(C(=O)NC(=S)Nc2cccc(N3C(=O)c4ccccc4C3=O)c2)c1. The van der Waals surface area contributed by atoms with E-state index in [0.717, 1.165) is 4.90 Å². The van der Waals surface area contributed by atoms with Gasteiger partial charge in [-0.05, 0) is 66.7 Å². The number of fused-ring (bicyclic) bond motifs is 1. The van der Waals surface area contributed by atoms with Crippen LogP contribution in [0.3, 0.4) is 0 Å². The van der Waals surface area contributed by atoms with Gasteiger partial charge in [-0.1, -0.05) is 38.1 Å². The van der Waals surface area contributed by atoms with Gasteiger partial charge < -0.3 is 10.1 Å². The normalized spacial score (nSPS) is 12.5. The molecule has 1 heterocycles. The van der Waals surface area contributed by atoms with Crippen molar-refractivity contribution >= 4 is 46.4 Å². The fourth-order valence-corrected chi connectivity index (χ4v) is 3.68. The largest absolute Gasteiger partial charge is 0.493 e. The van der Waals surface area contributed by atoms with Crippen LogP contribution in [-0.4, -0.2) is 29.4 Å². The highest BCUT2D eigenvalue weighted by molar-refractivity contribution is 7.80. The minimum Gasteiger partial charge on any atom is -0.493 e. The molecule has 0 aromatic heterocycles. The third kappa shape index (κ3) is 4.97. The number of carbonyl (C=O) groups is 3. The lowest BCUT2D eigenvalue weighted by atomic mass is 10.1. The third-order valence-corrected chi connectivity index (χ3v) is 5.27. The van der Waals surface area contributed by atoms with Gasteiger partial charge in [0.05, 0.1) is 23.4 Å². The van der Waals surface area contributed by atoms with E-state index in [0.29, 0.717) is 46.3 Å². The summed E-state index contributed by atoms with van der Waals surface area (Å²) in [5.41, 5.74) is 2.07. The molecule has 34 heavy (non-hydrogen) atoms. The number of thiocarbonyl (C=S) groups is 1. The number of carbonyl (C=O) groups excluding carboxylic acids is 3. The second-order valence-electron chi connectivity index (χ2n) is 8.18. The quantitative estimate of drug-likeness (QED) is 0.400. The summed E-state index contributed by atoms with van der Waals surface area (Å²) in [6.07, 6.45) is 0. The highest BCUT2D eigenvalue weighted by Gasteiger charge is 2.36. The molecule has 0 aliphatic carbocycles. The van der Waals surface area contributed by atoms with Crippen molar-refractivity contribution in [3.8, 4) is 5.75 Å². The third-order valence-electron chi connectivity index (χ3n) is 5.06. The number of ether oxygens (including phenoxy) is 1. The fourth-order valence-electron chi connectivity index (χ4n) is 3.47. The fraction of sp³-hybridized carbons (Fsp3) is 0.154. The molecule has 0 atom stereocenters. The second kappa shape index (κ2) is 9.84. The molecule has 3 aromatic rings. The Labute approximate surface area is 202 Å². The molecule has 0 spiro atoms. The first kappa shape index (κ1) is 23.1. The van der Waals surface area contributed by atoms with Gasteiger partial charge in [0.25, 0.3) is 17.7 Å². The van der Waals surface area contributed by atoms with Crippen molar-refractivity contribution in [3.05, 3.63) is 89.5 Å². The molecule has 8 heteroatoms. The van der Waals surface area contributed by atoms with Gasteiger partial charge in [-0.15, -0.1) is 0 Å². The van der Waals surface area contributed by atoms with Crippen molar-refractivity contribution in [3.63, 3.8) is 0 Å². The summed E-state index contributed by atoms with van der Waals surface area (Å²) in [6.45, 7) is 4.64. The molecule has 3 amide bonds. The summed E-state index contributed by atoms with van der Waals surface area (Å²) in [5, 5.41) is 5.65. The van der Waals surface area contributed by atoms with E-state index in [2.05, 4.69) is 10.6 Å². The van der Waals surface area contributed by atoms with Crippen molar-refractivity contribution < 1.29 is 19.1 Å². The highest BCUT2D eigenvalue weighted by atomic mass is 32.1. The molecule has 0 fully saturated rings. The highest BCUT2D eigenvalue weighted by Crippen LogP contribution is 2.29. The number of amides is 3. The summed E-state index contributed by atoms with van der Waals surface area (Å²) >= 11 is 5.29. The maximum Gasteiger partial charge on any atom is 0.266 e. The minimum atomic E-state index is -0.385. The van der Waals surface area contributed by atoms with E-state index < -0.39 is 0 Å². The molecule has 0 radical (unpaired) electrons. The van der Waals surface area contributed by atoms with Crippen molar-refractivity contribution in [1.29, 1.82) is 0 Å². The summed E-state index contributed by atoms with van der Waals surface area (Å²) in [6, 6.07) is 20.3. The van der Waals surface area contributed by atoms with Crippen molar-refractivity contribution in [2.45, 2.75) is 13.8 Å². The lowest BCUT2D eigenvalue weighted by Gasteiger charge is -2.16. The molecule has 0 bridgehead atoms. The molecule has 1 aliphatic heterocycles. The Morgan fingerprint density at radius 3 is 2.29 bits per heavy atom. The van der Waals surface area contributed by atoms with Gasteiger partial charge in [-0.3, -0.25) is 19.7 Å². The molecule has 172 valence electrons. The van der Waals surface area contributed by atoms with Crippen molar-refractivity contribution in [2.75, 3.05) is 16.8 Å². The van der Waals surface area contributed by atoms with Crippen LogP contribution in [0.25, 0.3) is 0 Å². The predicted octanol–water partition coefficient (Wildman–Crippen LogP) is 4.65. The van der Waals surface area contributed by atoms with E-state index in [1.807, 2.05) is 13.8 Å². The lowest BCUT2D eigenvalue weighted by Crippen LogP contribution is -2.34. The summed E-state index contributed by atoms with van der Waals surface area (Å²) in [4.78, 5) is 39.2. The van der Waals surface area contributed by atoms with E-state index in [1.54, 1.807) is 72.8 Å². The summed E-state index contributed by atoms with van der Waals surface area (Å²) in [5.74, 6) is -0.176. The first-order valence-electron chi connectivity index (χ1n) is 10.8. The molecular weight excluding hydrogens is 450 g/mol. The van der Waals surface area contributed by atoms with Crippen LogP contribution < -0.4 is 20.3 Å². The van der Waals surface area contributed by atoms with E-state index in [-0.39, 0.29) is 22.8 Å². The zero-order chi connectivity index (χ0) is 24.2. The molecule has 0 saturated carbocycles. The van der Waals surface area contributed by atoms with E-state index >= 15 is 0 Å². The monoisotopic (exact) mass is 473 g/mol. The predicted molar refractivity (Wildman–Crippen MR) is 134 cm³/mol. The van der Waals surface area contributed by atoms with Crippen LogP contribution in [0.15, 0.2) is 72.8 Å². The average Bonchev–Trinajstić information content (AvgIpc) is 3.08. The number of benzene rings is 3. The lowest BCUT2D eigenvalue weighted by molar-refractivity contribution is 0.0924. The Bertz CT molecular complexity index is 1250. The second-order valence-corrected chi connectivity index (χ2v) is 8.59. The van der Waals surface area contributed by atoms with Gasteiger partial charge in [0.1, 0.15) is 5.75 Å². The number of anilines is 2. The molecule has 2 N–H and O–H groups in total. The van der Waals surface area contributed by atoms with E-state index in [1.165, 1.54) is 0 Å². The number of rotatable bonds is 6. The van der Waals surface area contributed by atoms with Gasteiger partial charge in [0, 0.05) is 11.3 Å². The van der Waals surface area contributed by atoms with Crippen LogP contribution >= 0.6 is 12.2 Å². The van der Waals surface area contributed by atoms with Crippen LogP contribution in [-0.2, 0) is 0 Å². The molecule has 3 aromatic carbocycles. The Morgan fingerprint density at radius 1 is 0.941 bits per heavy atom. The van der Waals surface area contributed by atoms with E-state index in [9.17, 15) is 14.4 Å². The number of imide groups is 1. The van der Waals surface area contributed by atoms with Crippen molar-refractivity contribution in [1.82, 2.24) is 5.32 Å². The minimum absolute atomic E-state index is 0.0815. The zero-order valence-electron chi connectivity index (χ0n) is 18.7. The Balaban J connectivity index is 1.43. The first-order chi connectivity index (χ1) is 16.3. The molecule has 0 unspecified atom stereocenters. The number of hydrogen-bond acceptors (Lipinski definition) is 5. The van der Waals surface area contributed by atoms with Gasteiger partial charge in [-0.2, -0.15) is 0 Å². The zero-order valence-corrected chi connectivity index (χ0v) is 19.5. The van der Waals surface area contributed by atoms with Crippen LogP contribution in [0.4, 0.5) is 11.4 Å². The number of nitrogens with one attached hydrogen (secondary N) is 2. The smallest absolute Gasteiger partial charge is 0.266 e. The summed E-state index contributed by atoms with van der Waals surface area (Å²) in [7, 11) is 0. The molecule has 7 nitrogen and oxygen atoms in total. The molecule has 4 rings (SSSR count). The van der Waals surface area contributed by atoms with Crippen LogP contribution in [0, 0.1) is 5.92 Å². The van der Waals surface area contributed by atoms with Gasteiger partial charge in [-0.25, -0.2) is 4.90 Å². The molecule has 1 aliphatic rings. The Morgan fingerprint density at radius 2 is 1.62 bits per heavy atom. The van der Waals surface area contributed by atoms with Crippen LogP contribution in [0.1, 0.15) is 44.9 Å². The maximum absolute atomic E-state index is 12.7. The van der Waals surface area contributed by atoms with Crippen LogP contribution in [0.2, 0.25) is 0 Å². The first-order valence-corrected chi connectivity index (χ1v) is 11.2. The molecule has 0 saturated heterocycles. The number of nitrogens with zero attached hydrogens (tertiary/aromatic N) is 1. The Hall–Kier alpha value is -4.04. The topological polar surface area (TPSA) is 87.7 Å². The molecular formula is C26H23N3O4S. The van der Waals surface area contributed by atoms with Gasteiger partial charge >= 0.3 is 0 Å². The average molecular weight is 474 g/mol. The van der Waals surface area contributed by atoms with Crippen molar-refractivity contribution in [2.24, 2.45) is 5.92 Å². The van der Waals surface area contributed by atoms with Gasteiger partial charge in [0.2, 0.25) is 0 Å².